The first-order valence-electron chi connectivity index (χ1n) is 6.60. The summed E-state index contributed by atoms with van der Waals surface area (Å²) in [7, 11) is 0. The van der Waals surface area contributed by atoms with Crippen LogP contribution in [0.4, 0.5) is 0 Å². The van der Waals surface area contributed by atoms with Crippen LogP contribution in [0.2, 0.25) is 0 Å². The van der Waals surface area contributed by atoms with Crippen LogP contribution in [0, 0.1) is 0 Å². The van der Waals surface area contributed by atoms with E-state index in [4.69, 9.17) is 9.94 Å². The van der Waals surface area contributed by atoms with Crippen LogP contribution in [-0.2, 0) is 16.0 Å². The molecule has 0 aliphatic carbocycles. The Morgan fingerprint density at radius 2 is 1.95 bits per heavy atom. The van der Waals surface area contributed by atoms with Crippen LogP contribution < -0.4 is 0 Å². The Bertz CT molecular complexity index is 634. The SMILES string of the molecule is CCOC(=O)C(CCc1ccc2ccccc2c1)=NO. The fourth-order valence-electron chi connectivity index (χ4n) is 2.06. The van der Waals surface area contributed by atoms with Crippen LogP contribution in [0.25, 0.3) is 10.8 Å². The third kappa shape index (κ3) is 3.35. The Morgan fingerprint density at radius 3 is 2.65 bits per heavy atom. The normalized spacial score (nSPS) is 11.6. The van der Waals surface area contributed by atoms with Gasteiger partial charge in [-0.05, 0) is 29.7 Å². The molecule has 0 radical (unpaired) electrons. The van der Waals surface area contributed by atoms with Gasteiger partial charge in [0.2, 0.25) is 0 Å². The highest BCUT2D eigenvalue weighted by Gasteiger charge is 2.13. The number of aryl methyl sites for hydroxylation is 1. The lowest BCUT2D eigenvalue weighted by atomic mass is 10.0. The van der Waals surface area contributed by atoms with E-state index in [0.29, 0.717) is 12.8 Å². The molecule has 20 heavy (non-hydrogen) atoms. The van der Waals surface area contributed by atoms with Gasteiger partial charge in [-0.25, -0.2) is 4.79 Å². The van der Waals surface area contributed by atoms with E-state index in [1.54, 1.807) is 6.92 Å². The number of hydrogen-bond donors (Lipinski definition) is 1. The second kappa shape index (κ2) is 6.70. The maximum atomic E-state index is 11.5. The molecule has 1 N–H and O–H groups in total. The Hall–Kier alpha value is -2.36. The minimum atomic E-state index is -0.559. The van der Waals surface area contributed by atoms with Gasteiger partial charge in [0.15, 0.2) is 5.71 Å². The number of fused-ring (bicyclic) bond motifs is 1. The van der Waals surface area contributed by atoms with E-state index in [1.165, 1.54) is 5.39 Å². The van der Waals surface area contributed by atoms with Crippen molar-refractivity contribution in [2.24, 2.45) is 5.16 Å². The number of hydrogen-bond acceptors (Lipinski definition) is 4. The minimum absolute atomic E-state index is 0.0556. The average Bonchev–Trinajstić information content (AvgIpc) is 2.48. The predicted octanol–water partition coefficient (Wildman–Crippen LogP) is 3.17. The minimum Gasteiger partial charge on any atom is -0.461 e. The lowest BCUT2D eigenvalue weighted by molar-refractivity contribution is -0.135. The Kier molecular flexibility index (Phi) is 4.71. The smallest absolute Gasteiger partial charge is 0.356 e. The maximum absolute atomic E-state index is 11.5. The zero-order valence-corrected chi connectivity index (χ0v) is 11.4. The molecule has 0 unspecified atom stereocenters. The van der Waals surface area contributed by atoms with E-state index in [0.717, 1.165) is 10.9 Å². The summed E-state index contributed by atoms with van der Waals surface area (Å²) in [4.78, 5) is 11.5. The average molecular weight is 271 g/mol. The number of oxime groups is 1. The third-order valence-electron chi connectivity index (χ3n) is 3.10. The number of ether oxygens (including phenoxy) is 1. The van der Waals surface area contributed by atoms with E-state index in [1.807, 2.05) is 30.3 Å². The molecule has 4 heteroatoms. The van der Waals surface area contributed by atoms with Crippen molar-refractivity contribution >= 4 is 22.5 Å². The molecule has 104 valence electrons. The number of carbonyl (C=O) groups is 1. The standard InChI is InChI=1S/C16H17NO3/c1-2-20-16(18)15(17-19)10-8-12-7-9-13-5-3-4-6-14(13)11-12/h3-7,9,11,19H,2,8,10H2,1H3. The van der Waals surface area contributed by atoms with Crippen molar-refractivity contribution in [2.45, 2.75) is 19.8 Å². The fraction of sp³-hybridized carbons (Fsp3) is 0.250. The first-order valence-corrected chi connectivity index (χ1v) is 6.60. The number of esters is 1. The number of benzene rings is 2. The second-order valence-electron chi connectivity index (χ2n) is 4.45. The van der Waals surface area contributed by atoms with Crippen molar-refractivity contribution in [3.63, 3.8) is 0 Å². The Balaban J connectivity index is 2.06. The molecule has 0 saturated carbocycles. The zero-order chi connectivity index (χ0) is 14.4. The molecular formula is C16H17NO3. The molecule has 2 rings (SSSR count). The van der Waals surface area contributed by atoms with Crippen molar-refractivity contribution in [3.8, 4) is 0 Å². The van der Waals surface area contributed by atoms with E-state index in [-0.39, 0.29) is 12.3 Å². The highest BCUT2D eigenvalue weighted by atomic mass is 16.5. The number of rotatable bonds is 5. The Labute approximate surface area is 117 Å². The molecule has 0 amide bonds. The van der Waals surface area contributed by atoms with E-state index in [9.17, 15) is 4.79 Å². The Morgan fingerprint density at radius 1 is 1.20 bits per heavy atom. The van der Waals surface area contributed by atoms with E-state index < -0.39 is 5.97 Å². The molecule has 0 heterocycles. The van der Waals surface area contributed by atoms with E-state index in [2.05, 4.69) is 17.3 Å². The van der Waals surface area contributed by atoms with Crippen LogP contribution in [-0.4, -0.2) is 23.5 Å². The summed E-state index contributed by atoms with van der Waals surface area (Å²) in [6, 6.07) is 14.2. The van der Waals surface area contributed by atoms with Gasteiger partial charge in [-0.3, -0.25) is 0 Å². The molecule has 2 aromatic carbocycles. The molecular weight excluding hydrogens is 254 g/mol. The number of nitrogens with zero attached hydrogens (tertiary/aromatic N) is 1. The first kappa shape index (κ1) is 14.1. The summed E-state index contributed by atoms with van der Waals surface area (Å²) in [5.74, 6) is -0.559. The topological polar surface area (TPSA) is 58.9 Å². The molecule has 0 atom stereocenters. The van der Waals surface area contributed by atoms with E-state index >= 15 is 0 Å². The summed E-state index contributed by atoms with van der Waals surface area (Å²) in [5.41, 5.74) is 1.15. The monoisotopic (exact) mass is 271 g/mol. The highest BCUT2D eigenvalue weighted by Crippen LogP contribution is 2.16. The van der Waals surface area contributed by atoms with Crippen molar-refractivity contribution in [3.05, 3.63) is 48.0 Å². The van der Waals surface area contributed by atoms with Gasteiger partial charge in [0, 0.05) is 6.42 Å². The lowest BCUT2D eigenvalue weighted by Crippen LogP contribution is -2.18. The van der Waals surface area contributed by atoms with Crippen LogP contribution in [0.15, 0.2) is 47.6 Å². The van der Waals surface area contributed by atoms with Gasteiger partial charge in [-0.15, -0.1) is 0 Å². The molecule has 0 aliphatic rings. The van der Waals surface area contributed by atoms with Gasteiger partial charge in [-0.1, -0.05) is 47.6 Å². The summed E-state index contributed by atoms with van der Waals surface area (Å²) in [6.07, 6.45) is 0.983. The van der Waals surface area contributed by atoms with Gasteiger partial charge in [0.1, 0.15) is 0 Å². The van der Waals surface area contributed by atoms with Crippen LogP contribution in [0.5, 0.6) is 0 Å². The summed E-state index contributed by atoms with van der Waals surface area (Å²) >= 11 is 0. The molecule has 2 aromatic rings. The highest BCUT2D eigenvalue weighted by molar-refractivity contribution is 6.36. The maximum Gasteiger partial charge on any atom is 0.356 e. The summed E-state index contributed by atoms with van der Waals surface area (Å²) < 4.78 is 4.82. The van der Waals surface area contributed by atoms with Gasteiger partial charge < -0.3 is 9.94 Å². The van der Waals surface area contributed by atoms with Crippen molar-refractivity contribution in [1.29, 1.82) is 0 Å². The van der Waals surface area contributed by atoms with Crippen LogP contribution in [0.1, 0.15) is 18.9 Å². The molecule has 0 spiro atoms. The molecule has 0 aliphatic heterocycles. The van der Waals surface area contributed by atoms with Crippen molar-refractivity contribution in [1.82, 2.24) is 0 Å². The fourth-order valence-corrected chi connectivity index (χ4v) is 2.06. The lowest BCUT2D eigenvalue weighted by Gasteiger charge is -2.05. The first-order chi connectivity index (χ1) is 9.74. The van der Waals surface area contributed by atoms with Gasteiger partial charge in [0.05, 0.1) is 6.61 Å². The number of carbonyl (C=O) groups excluding carboxylic acids is 1. The summed E-state index contributed by atoms with van der Waals surface area (Å²) in [6.45, 7) is 1.99. The predicted molar refractivity (Wildman–Crippen MR) is 78.1 cm³/mol. The largest absolute Gasteiger partial charge is 0.461 e. The summed E-state index contributed by atoms with van der Waals surface area (Å²) in [5, 5.41) is 14.2. The van der Waals surface area contributed by atoms with Gasteiger partial charge in [0.25, 0.3) is 0 Å². The quantitative estimate of drug-likeness (QED) is 0.393. The molecule has 0 saturated heterocycles. The van der Waals surface area contributed by atoms with Gasteiger partial charge in [-0.2, -0.15) is 0 Å². The second-order valence-corrected chi connectivity index (χ2v) is 4.45. The zero-order valence-electron chi connectivity index (χ0n) is 11.4. The molecule has 0 aromatic heterocycles. The van der Waals surface area contributed by atoms with Gasteiger partial charge >= 0.3 is 5.97 Å². The molecule has 0 fully saturated rings. The molecule has 0 bridgehead atoms. The van der Waals surface area contributed by atoms with Crippen molar-refractivity contribution in [2.75, 3.05) is 6.61 Å². The molecule has 4 nitrogen and oxygen atoms in total. The van der Waals surface area contributed by atoms with Crippen LogP contribution >= 0.6 is 0 Å². The van der Waals surface area contributed by atoms with Crippen LogP contribution in [0.3, 0.4) is 0 Å². The third-order valence-corrected chi connectivity index (χ3v) is 3.10. The van der Waals surface area contributed by atoms with Crippen molar-refractivity contribution < 1.29 is 14.7 Å².